The summed E-state index contributed by atoms with van der Waals surface area (Å²) in [5, 5.41) is 3.45. The van der Waals surface area contributed by atoms with Crippen molar-refractivity contribution in [1.29, 1.82) is 0 Å². The molecule has 2 aliphatic rings. The van der Waals surface area contributed by atoms with Crippen molar-refractivity contribution in [3.8, 4) is 0 Å². The van der Waals surface area contributed by atoms with E-state index in [-0.39, 0.29) is 10.3 Å². The quantitative estimate of drug-likeness (QED) is 0.759. The fourth-order valence-corrected chi connectivity index (χ4v) is 4.58. The van der Waals surface area contributed by atoms with E-state index in [1.54, 1.807) is 0 Å². The molecule has 1 heterocycles. The Morgan fingerprint density at radius 1 is 1.11 bits per heavy atom. The van der Waals surface area contributed by atoms with Gasteiger partial charge in [-0.15, -0.1) is 4.72 Å². The van der Waals surface area contributed by atoms with Crippen LogP contribution in [0.25, 0.3) is 0 Å². The lowest BCUT2D eigenvalue weighted by molar-refractivity contribution is 0.107. The van der Waals surface area contributed by atoms with Gasteiger partial charge in [0.2, 0.25) is 0 Å². The Bertz CT molecular complexity index is 297. The normalized spacial score (nSPS) is 33.8. The van der Waals surface area contributed by atoms with E-state index in [0.717, 1.165) is 19.5 Å². The van der Waals surface area contributed by atoms with Crippen LogP contribution >= 0.6 is 0 Å². The molecule has 2 fully saturated rings. The van der Waals surface area contributed by atoms with E-state index in [1.165, 1.54) is 25.7 Å². The van der Waals surface area contributed by atoms with Crippen molar-refractivity contribution < 1.29 is 4.55 Å². The largest absolute Gasteiger partial charge is 0.598 e. The third-order valence-corrected chi connectivity index (χ3v) is 6.69. The molecule has 0 aromatic heterocycles. The van der Waals surface area contributed by atoms with Crippen LogP contribution in [-0.4, -0.2) is 27.9 Å². The molecule has 2 rings (SSSR count). The fraction of sp³-hybridized carbons (Fsp3) is 1.00. The van der Waals surface area contributed by atoms with Crippen molar-refractivity contribution in [2.24, 2.45) is 5.41 Å². The van der Waals surface area contributed by atoms with E-state index in [2.05, 4.69) is 17.0 Å². The van der Waals surface area contributed by atoms with Gasteiger partial charge in [0.15, 0.2) is 0 Å². The zero-order chi connectivity index (χ0) is 13.4. The molecule has 2 N–H and O–H groups in total. The molecule has 0 aromatic rings. The van der Waals surface area contributed by atoms with Crippen LogP contribution in [0.2, 0.25) is 0 Å². The smallest absolute Gasteiger partial charge is 0.136 e. The van der Waals surface area contributed by atoms with Gasteiger partial charge >= 0.3 is 0 Å². The lowest BCUT2D eigenvalue weighted by Gasteiger charge is -2.47. The van der Waals surface area contributed by atoms with Crippen LogP contribution in [0.5, 0.6) is 0 Å². The second-order valence-electron chi connectivity index (χ2n) is 7.20. The van der Waals surface area contributed by atoms with Gasteiger partial charge in [-0.1, -0.05) is 6.42 Å². The van der Waals surface area contributed by atoms with E-state index < -0.39 is 11.4 Å². The predicted octanol–water partition coefficient (Wildman–Crippen LogP) is 2.35. The first-order chi connectivity index (χ1) is 8.29. The third-order valence-electron chi connectivity index (χ3n) is 4.94. The van der Waals surface area contributed by atoms with Crippen LogP contribution in [0.3, 0.4) is 0 Å². The van der Waals surface area contributed by atoms with Crippen LogP contribution in [-0.2, 0) is 11.4 Å². The lowest BCUT2D eigenvalue weighted by atomic mass is 9.67. The maximum atomic E-state index is 12.4. The summed E-state index contributed by atoms with van der Waals surface area (Å²) in [7, 11) is 0. The Balaban J connectivity index is 2.13. The van der Waals surface area contributed by atoms with Crippen molar-refractivity contribution in [3.63, 3.8) is 0 Å². The average molecular weight is 272 g/mol. The van der Waals surface area contributed by atoms with Gasteiger partial charge in [-0.3, -0.25) is 0 Å². The number of rotatable bonds is 2. The molecule has 0 amide bonds. The Labute approximate surface area is 115 Å². The maximum Gasteiger partial charge on any atom is 0.136 e. The molecule has 2 atom stereocenters. The molecule has 1 saturated heterocycles. The lowest BCUT2D eigenvalue weighted by Crippen LogP contribution is -2.60. The number of hydrogen-bond acceptors (Lipinski definition) is 3. The van der Waals surface area contributed by atoms with E-state index in [9.17, 15) is 4.55 Å². The Morgan fingerprint density at radius 2 is 1.72 bits per heavy atom. The Morgan fingerprint density at radius 3 is 2.28 bits per heavy atom. The molecule has 1 unspecified atom stereocenters. The molecule has 3 nitrogen and oxygen atoms in total. The first-order valence-corrected chi connectivity index (χ1v) is 8.35. The van der Waals surface area contributed by atoms with E-state index in [0.29, 0.717) is 5.41 Å². The fourth-order valence-electron chi connectivity index (χ4n) is 3.55. The van der Waals surface area contributed by atoms with Crippen molar-refractivity contribution in [2.45, 2.75) is 70.1 Å². The van der Waals surface area contributed by atoms with Crippen molar-refractivity contribution >= 4 is 11.4 Å². The second-order valence-corrected chi connectivity index (χ2v) is 9.17. The Hall–Kier alpha value is 0.230. The van der Waals surface area contributed by atoms with Crippen molar-refractivity contribution in [3.05, 3.63) is 0 Å². The molecular weight excluding hydrogens is 244 g/mol. The molecule has 18 heavy (non-hydrogen) atoms. The second kappa shape index (κ2) is 4.97. The van der Waals surface area contributed by atoms with E-state index >= 15 is 0 Å². The van der Waals surface area contributed by atoms with Crippen LogP contribution in [0.15, 0.2) is 0 Å². The van der Waals surface area contributed by atoms with Gasteiger partial charge in [-0.2, -0.15) is 0 Å². The van der Waals surface area contributed by atoms with Gasteiger partial charge in [0.05, 0.1) is 5.54 Å². The summed E-state index contributed by atoms with van der Waals surface area (Å²) in [5.41, 5.74) is 0.409. The monoisotopic (exact) mass is 272 g/mol. The number of nitrogens with one attached hydrogen (secondary N) is 2. The van der Waals surface area contributed by atoms with Crippen molar-refractivity contribution in [2.75, 3.05) is 13.1 Å². The molecule has 0 bridgehead atoms. The van der Waals surface area contributed by atoms with Gasteiger partial charge in [-0.25, -0.2) is 0 Å². The maximum absolute atomic E-state index is 12.4. The molecule has 1 spiro atoms. The minimum absolute atomic E-state index is 0.0489. The van der Waals surface area contributed by atoms with Crippen LogP contribution in [0, 0.1) is 5.41 Å². The van der Waals surface area contributed by atoms with Crippen LogP contribution in [0.4, 0.5) is 0 Å². The standard InChI is InChI=1S/C14H28N2OS/c1-12(2,3)18(17)16-13(4)6-5-7-14(13)8-10-15-11-9-14/h15-16H,5-11H2,1-4H3/t13?,18-/m1/s1. The summed E-state index contributed by atoms with van der Waals surface area (Å²) < 4.78 is 15.8. The summed E-state index contributed by atoms with van der Waals surface area (Å²) in [6.07, 6.45) is 6.16. The average Bonchev–Trinajstić information content (AvgIpc) is 2.56. The summed E-state index contributed by atoms with van der Waals surface area (Å²) >= 11 is -0.965. The summed E-state index contributed by atoms with van der Waals surface area (Å²) in [4.78, 5) is 0. The van der Waals surface area contributed by atoms with Gasteiger partial charge in [0.25, 0.3) is 0 Å². The summed E-state index contributed by atoms with van der Waals surface area (Å²) in [5.74, 6) is 0. The molecule has 1 aliphatic carbocycles. The number of piperidine rings is 1. The molecule has 0 radical (unpaired) electrons. The first kappa shape index (κ1) is 14.6. The first-order valence-electron chi connectivity index (χ1n) is 7.20. The summed E-state index contributed by atoms with van der Waals surface area (Å²) in [6, 6.07) is 0. The van der Waals surface area contributed by atoms with E-state index in [1.807, 2.05) is 20.8 Å². The molecule has 106 valence electrons. The molecule has 1 saturated carbocycles. The SMILES string of the molecule is CC(C)(C)[S@@+]([O-])NC1(C)CCCC12CCNCC2. The minimum atomic E-state index is -0.965. The van der Waals surface area contributed by atoms with E-state index in [4.69, 9.17) is 0 Å². The third kappa shape index (κ3) is 2.58. The zero-order valence-electron chi connectivity index (χ0n) is 12.3. The number of hydrogen-bond donors (Lipinski definition) is 2. The summed E-state index contributed by atoms with van der Waals surface area (Å²) in [6.45, 7) is 10.7. The van der Waals surface area contributed by atoms with Gasteiger partial charge in [-0.05, 0) is 71.9 Å². The topological polar surface area (TPSA) is 47.1 Å². The highest BCUT2D eigenvalue weighted by Gasteiger charge is 2.54. The van der Waals surface area contributed by atoms with Gasteiger partial charge < -0.3 is 9.87 Å². The van der Waals surface area contributed by atoms with Crippen LogP contribution in [0.1, 0.15) is 59.8 Å². The highest BCUT2D eigenvalue weighted by atomic mass is 32.2. The van der Waals surface area contributed by atoms with Gasteiger partial charge in [0, 0.05) is 11.4 Å². The Kier molecular flexibility index (Phi) is 4.04. The van der Waals surface area contributed by atoms with Crippen molar-refractivity contribution in [1.82, 2.24) is 10.0 Å². The van der Waals surface area contributed by atoms with Gasteiger partial charge in [0.1, 0.15) is 4.75 Å². The van der Waals surface area contributed by atoms with Crippen LogP contribution < -0.4 is 10.0 Å². The highest BCUT2D eigenvalue weighted by Crippen LogP contribution is 2.52. The molecule has 4 heteroatoms. The molecular formula is C14H28N2OS. The predicted molar refractivity (Wildman–Crippen MR) is 77.8 cm³/mol. The highest BCUT2D eigenvalue weighted by molar-refractivity contribution is 7.90. The minimum Gasteiger partial charge on any atom is -0.598 e. The zero-order valence-corrected chi connectivity index (χ0v) is 13.1. The molecule has 0 aromatic carbocycles. The molecule has 1 aliphatic heterocycles.